The Balaban J connectivity index is 2.66. The molecule has 0 bridgehead atoms. The second-order valence-electron chi connectivity index (χ2n) is 4.49. The molecule has 0 fully saturated rings. The first-order valence-corrected chi connectivity index (χ1v) is 7.76. The molecule has 0 aliphatic carbocycles. The van der Waals surface area contributed by atoms with E-state index in [1.165, 1.54) is 4.88 Å². The molecule has 0 aliphatic rings. The minimum absolute atomic E-state index is 0.102. The number of nitrogens with two attached hydrogens (primary N) is 1. The normalized spacial score (nSPS) is 13.8. The molecule has 2 unspecified atom stereocenters. The van der Waals surface area contributed by atoms with E-state index in [-0.39, 0.29) is 22.9 Å². The minimum Gasteiger partial charge on any atom is -0.393 e. The van der Waals surface area contributed by atoms with Crippen molar-refractivity contribution in [2.24, 2.45) is 11.7 Å². The van der Waals surface area contributed by atoms with Crippen molar-refractivity contribution < 1.29 is 4.79 Å². The third-order valence-corrected chi connectivity index (χ3v) is 4.50. The molecule has 1 amide bonds. The van der Waals surface area contributed by atoms with E-state index in [1.54, 1.807) is 11.3 Å². The number of amides is 1. The molecule has 1 heterocycles. The summed E-state index contributed by atoms with van der Waals surface area (Å²) in [6.45, 7) is 6.03. The van der Waals surface area contributed by atoms with Gasteiger partial charge in [0.25, 0.3) is 0 Å². The quantitative estimate of drug-likeness (QED) is 0.759. The third-order valence-electron chi connectivity index (χ3n) is 2.89. The number of thiazole rings is 1. The van der Waals surface area contributed by atoms with Crippen molar-refractivity contribution in [1.82, 2.24) is 10.3 Å². The van der Waals surface area contributed by atoms with Crippen LogP contribution in [0.2, 0.25) is 0 Å². The van der Waals surface area contributed by atoms with Gasteiger partial charge in [0.15, 0.2) is 0 Å². The number of aryl methyl sites for hydroxylation is 1. The summed E-state index contributed by atoms with van der Waals surface area (Å²) in [5, 5.41) is 3.86. The van der Waals surface area contributed by atoms with Gasteiger partial charge in [-0.1, -0.05) is 32.5 Å². The fourth-order valence-corrected chi connectivity index (χ4v) is 2.84. The molecule has 2 atom stereocenters. The summed E-state index contributed by atoms with van der Waals surface area (Å²) < 4.78 is 0. The number of hydrogen-bond donors (Lipinski definition) is 2. The van der Waals surface area contributed by atoms with Crippen LogP contribution in [-0.4, -0.2) is 15.9 Å². The molecule has 0 aromatic carbocycles. The monoisotopic (exact) mass is 299 g/mol. The zero-order valence-corrected chi connectivity index (χ0v) is 13.2. The minimum atomic E-state index is -0.381. The summed E-state index contributed by atoms with van der Waals surface area (Å²) in [7, 11) is 0. The fourth-order valence-electron chi connectivity index (χ4n) is 1.75. The number of nitrogens with one attached hydrogen (secondary N) is 1. The van der Waals surface area contributed by atoms with Gasteiger partial charge in [-0.15, -0.1) is 11.3 Å². The number of carbonyl (C=O) groups excluding carboxylic acids is 1. The van der Waals surface area contributed by atoms with Crippen LogP contribution in [0, 0.1) is 5.92 Å². The highest BCUT2D eigenvalue weighted by Crippen LogP contribution is 2.21. The van der Waals surface area contributed by atoms with Crippen molar-refractivity contribution >= 4 is 34.5 Å². The van der Waals surface area contributed by atoms with Crippen LogP contribution in [0.3, 0.4) is 0 Å². The molecule has 0 radical (unpaired) electrons. The SMILES string of the molecule is CCCC(C(=O)NC(C)c1ncc(CC)s1)C(N)=S. The Hall–Kier alpha value is -1.01. The second kappa shape index (κ2) is 7.55. The average molecular weight is 299 g/mol. The number of rotatable bonds is 7. The van der Waals surface area contributed by atoms with Gasteiger partial charge in [-0.3, -0.25) is 4.79 Å². The molecular weight excluding hydrogens is 278 g/mol. The second-order valence-corrected chi connectivity index (χ2v) is 6.11. The first kappa shape index (κ1) is 16.0. The highest BCUT2D eigenvalue weighted by Gasteiger charge is 2.23. The standard InChI is InChI=1S/C13H21N3OS2/c1-4-6-10(11(14)18)12(17)16-8(3)13-15-7-9(5-2)19-13/h7-8,10H,4-6H2,1-3H3,(H2,14,18)(H,16,17). The third kappa shape index (κ3) is 4.54. The maximum Gasteiger partial charge on any atom is 0.230 e. The zero-order valence-electron chi connectivity index (χ0n) is 11.6. The average Bonchev–Trinajstić information content (AvgIpc) is 2.84. The van der Waals surface area contributed by atoms with E-state index < -0.39 is 0 Å². The van der Waals surface area contributed by atoms with Crippen molar-refractivity contribution in [3.05, 3.63) is 16.1 Å². The summed E-state index contributed by atoms with van der Waals surface area (Å²) in [5.41, 5.74) is 5.62. The summed E-state index contributed by atoms with van der Waals surface area (Å²) in [6.07, 6.45) is 4.39. The largest absolute Gasteiger partial charge is 0.393 e. The zero-order chi connectivity index (χ0) is 14.4. The van der Waals surface area contributed by atoms with Crippen LogP contribution >= 0.6 is 23.6 Å². The predicted molar refractivity (Wildman–Crippen MR) is 83.2 cm³/mol. The maximum absolute atomic E-state index is 12.1. The van der Waals surface area contributed by atoms with Crippen molar-refractivity contribution in [3.63, 3.8) is 0 Å². The van der Waals surface area contributed by atoms with Gasteiger partial charge in [0.05, 0.1) is 16.9 Å². The molecule has 106 valence electrons. The number of carbonyl (C=O) groups is 1. The lowest BCUT2D eigenvalue weighted by molar-refractivity contribution is -0.123. The molecule has 19 heavy (non-hydrogen) atoms. The van der Waals surface area contributed by atoms with Gasteiger partial charge in [-0.2, -0.15) is 0 Å². The van der Waals surface area contributed by atoms with Crippen LogP contribution < -0.4 is 11.1 Å². The molecule has 1 aromatic rings. The number of aromatic nitrogens is 1. The van der Waals surface area contributed by atoms with Gasteiger partial charge in [-0.05, 0) is 19.8 Å². The van der Waals surface area contributed by atoms with Crippen molar-refractivity contribution in [3.8, 4) is 0 Å². The van der Waals surface area contributed by atoms with Crippen LogP contribution in [0.15, 0.2) is 6.20 Å². The van der Waals surface area contributed by atoms with E-state index >= 15 is 0 Å². The van der Waals surface area contributed by atoms with Gasteiger partial charge in [0.1, 0.15) is 5.01 Å². The Morgan fingerprint density at radius 1 is 1.58 bits per heavy atom. The Morgan fingerprint density at radius 3 is 2.74 bits per heavy atom. The van der Waals surface area contributed by atoms with E-state index in [1.807, 2.05) is 20.0 Å². The van der Waals surface area contributed by atoms with E-state index in [0.29, 0.717) is 6.42 Å². The molecule has 0 spiro atoms. The molecule has 1 aromatic heterocycles. The summed E-state index contributed by atoms with van der Waals surface area (Å²) in [6, 6.07) is -0.105. The first-order valence-electron chi connectivity index (χ1n) is 6.53. The van der Waals surface area contributed by atoms with Crippen molar-refractivity contribution in [1.29, 1.82) is 0 Å². The Labute approximate surface area is 123 Å². The van der Waals surface area contributed by atoms with Gasteiger partial charge >= 0.3 is 0 Å². The lowest BCUT2D eigenvalue weighted by Crippen LogP contribution is -2.38. The number of thiocarbonyl (C=S) groups is 1. The summed E-state index contributed by atoms with van der Waals surface area (Å²) in [5.74, 6) is -0.483. The van der Waals surface area contributed by atoms with Gasteiger partial charge in [-0.25, -0.2) is 4.98 Å². The molecule has 6 heteroatoms. The highest BCUT2D eigenvalue weighted by molar-refractivity contribution is 7.80. The van der Waals surface area contributed by atoms with E-state index in [0.717, 1.165) is 17.8 Å². The first-order chi connectivity index (χ1) is 8.99. The molecule has 0 saturated carbocycles. The van der Waals surface area contributed by atoms with Crippen LogP contribution in [0.25, 0.3) is 0 Å². The van der Waals surface area contributed by atoms with E-state index in [9.17, 15) is 4.79 Å². The maximum atomic E-state index is 12.1. The fraction of sp³-hybridized carbons (Fsp3) is 0.615. The van der Waals surface area contributed by atoms with Gasteiger partial charge in [0.2, 0.25) is 5.91 Å². The molecule has 0 saturated heterocycles. The molecular formula is C13H21N3OS2. The van der Waals surface area contributed by atoms with Crippen LogP contribution in [-0.2, 0) is 11.2 Å². The van der Waals surface area contributed by atoms with Gasteiger partial charge < -0.3 is 11.1 Å². The van der Waals surface area contributed by atoms with E-state index in [4.69, 9.17) is 18.0 Å². The van der Waals surface area contributed by atoms with Crippen LogP contribution in [0.1, 0.15) is 49.5 Å². The predicted octanol–water partition coefficient (Wildman–Crippen LogP) is 2.59. The lowest BCUT2D eigenvalue weighted by atomic mass is 10.0. The van der Waals surface area contributed by atoms with Crippen LogP contribution in [0.4, 0.5) is 0 Å². The molecule has 4 nitrogen and oxygen atoms in total. The lowest BCUT2D eigenvalue weighted by Gasteiger charge is -2.17. The van der Waals surface area contributed by atoms with Crippen molar-refractivity contribution in [2.45, 2.75) is 46.1 Å². The topological polar surface area (TPSA) is 68.0 Å². The molecule has 0 aliphatic heterocycles. The molecule has 1 rings (SSSR count). The van der Waals surface area contributed by atoms with E-state index in [2.05, 4.69) is 17.2 Å². The Morgan fingerprint density at radius 2 is 2.26 bits per heavy atom. The Kier molecular flexibility index (Phi) is 6.37. The summed E-state index contributed by atoms with van der Waals surface area (Å²) in [4.78, 5) is 17.9. The smallest absolute Gasteiger partial charge is 0.230 e. The number of hydrogen-bond acceptors (Lipinski definition) is 4. The van der Waals surface area contributed by atoms with Crippen molar-refractivity contribution in [2.75, 3.05) is 0 Å². The van der Waals surface area contributed by atoms with Gasteiger partial charge in [0, 0.05) is 11.1 Å². The number of nitrogens with zero attached hydrogens (tertiary/aromatic N) is 1. The van der Waals surface area contributed by atoms with Crippen LogP contribution in [0.5, 0.6) is 0 Å². The Bertz CT molecular complexity index is 445. The highest BCUT2D eigenvalue weighted by atomic mass is 32.1. The molecule has 3 N–H and O–H groups in total. The summed E-state index contributed by atoms with van der Waals surface area (Å²) >= 11 is 6.58.